The van der Waals surface area contributed by atoms with Crippen LogP contribution in [0.5, 0.6) is 0 Å². The summed E-state index contributed by atoms with van der Waals surface area (Å²) in [7, 11) is 1.80. The zero-order valence-electron chi connectivity index (χ0n) is 12.5. The summed E-state index contributed by atoms with van der Waals surface area (Å²) < 4.78 is 11.7. The van der Waals surface area contributed by atoms with Crippen LogP contribution in [-0.2, 0) is 9.47 Å². The second-order valence-corrected chi connectivity index (χ2v) is 6.88. The number of methoxy groups -OCH3 is 1. The number of likely N-dealkylation sites (tertiary alicyclic amines) is 1. The highest BCUT2D eigenvalue weighted by molar-refractivity contribution is 5.14. The molecular weight excluding hydrogens is 228 g/mol. The van der Waals surface area contributed by atoms with Crippen molar-refractivity contribution in [2.75, 3.05) is 26.7 Å². The van der Waals surface area contributed by atoms with Crippen molar-refractivity contribution < 1.29 is 9.47 Å². The van der Waals surface area contributed by atoms with E-state index < -0.39 is 0 Å². The van der Waals surface area contributed by atoms with E-state index in [2.05, 4.69) is 32.6 Å². The molecule has 0 aromatic carbocycles. The van der Waals surface area contributed by atoms with Crippen molar-refractivity contribution in [1.82, 2.24) is 4.90 Å². The number of hydrogen-bond acceptors (Lipinski definition) is 4. The lowest BCUT2D eigenvalue weighted by Gasteiger charge is -2.46. The first kappa shape index (κ1) is 14.3. The first-order valence-corrected chi connectivity index (χ1v) is 6.94. The van der Waals surface area contributed by atoms with Crippen LogP contribution < -0.4 is 5.73 Å². The van der Waals surface area contributed by atoms with E-state index in [4.69, 9.17) is 15.2 Å². The van der Waals surface area contributed by atoms with Gasteiger partial charge in [-0.25, -0.2) is 0 Å². The van der Waals surface area contributed by atoms with Gasteiger partial charge in [-0.1, -0.05) is 0 Å². The van der Waals surface area contributed by atoms with E-state index in [-0.39, 0.29) is 16.7 Å². The van der Waals surface area contributed by atoms with Gasteiger partial charge in [0.15, 0.2) is 0 Å². The molecule has 0 spiro atoms. The normalized spacial score (nSPS) is 39.3. The predicted octanol–water partition coefficient (Wildman–Crippen LogP) is 1.38. The van der Waals surface area contributed by atoms with E-state index in [1.165, 1.54) is 0 Å². The van der Waals surface area contributed by atoms with Crippen molar-refractivity contribution in [3.63, 3.8) is 0 Å². The van der Waals surface area contributed by atoms with Gasteiger partial charge in [0.25, 0.3) is 0 Å². The Morgan fingerprint density at radius 3 is 2.39 bits per heavy atom. The molecule has 0 aliphatic carbocycles. The highest BCUT2D eigenvalue weighted by Gasteiger charge is 2.60. The summed E-state index contributed by atoms with van der Waals surface area (Å²) in [6.07, 6.45) is 2.42. The fourth-order valence-corrected chi connectivity index (χ4v) is 3.99. The van der Waals surface area contributed by atoms with E-state index >= 15 is 0 Å². The van der Waals surface area contributed by atoms with Crippen molar-refractivity contribution in [2.24, 2.45) is 5.73 Å². The first-order chi connectivity index (χ1) is 8.26. The maximum atomic E-state index is 6.26. The molecular formula is C14H28N2O2. The second-order valence-electron chi connectivity index (χ2n) is 6.88. The van der Waals surface area contributed by atoms with Gasteiger partial charge in [-0.3, -0.25) is 4.90 Å². The van der Waals surface area contributed by atoms with Crippen molar-refractivity contribution in [3.8, 4) is 0 Å². The fraction of sp³-hybridized carbons (Fsp3) is 1.00. The number of hydrogen-bond donors (Lipinski definition) is 1. The topological polar surface area (TPSA) is 47.7 Å². The fourth-order valence-electron chi connectivity index (χ4n) is 3.99. The molecule has 4 nitrogen and oxygen atoms in total. The molecule has 2 N–H and O–H groups in total. The molecule has 2 fully saturated rings. The first-order valence-electron chi connectivity index (χ1n) is 6.94. The molecule has 0 radical (unpaired) electrons. The van der Waals surface area contributed by atoms with Crippen LogP contribution in [0.2, 0.25) is 0 Å². The van der Waals surface area contributed by atoms with E-state index in [1.54, 1.807) is 7.11 Å². The standard InChI is InChI=1S/C14H28N2O2/c1-12(2)9-14(10-15,13(3,4)18-12)16-7-6-11(8-16)17-5/h11H,6-10,15H2,1-5H3. The molecule has 2 heterocycles. The lowest BCUT2D eigenvalue weighted by molar-refractivity contribution is -0.102. The van der Waals surface area contributed by atoms with Crippen LogP contribution in [0.25, 0.3) is 0 Å². The minimum absolute atomic E-state index is 0.0657. The number of rotatable bonds is 3. The molecule has 0 saturated carbocycles. The molecule has 106 valence electrons. The van der Waals surface area contributed by atoms with Crippen molar-refractivity contribution >= 4 is 0 Å². The SMILES string of the molecule is COC1CCN(C2(CN)CC(C)(C)OC2(C)C)C1. The summed E-state index contributed by atoms with van der Waals surface area (Å²) in [5.74, 6) is 0. The molecule has 2 aliphatic rings. The average Bonchev–Trinajstić information content (AvgIpc) is 2.78. The van der Waals surface area contributed by atoms with Crippen LogP contribution in [0, 0.1) is 0 Å². The third-order valence-electron chi connectivity index (χ3n) is 4.79. The lowest BCUT2D eigenvalue weighted by atomic mass is 9.77. The van der Waals surface area contributed by atoms with Gasteiger partial charge in [-0.15, -0.1) is 0 Å². The molecule has 18 heavy (non-hydrogen) atoms. The maximum Gasteiger partial charge on any atom is 0.0830 e. The summed E-state index contributed by atoms with van der Waals surface area (Å²) in [6.45, 7) is 11.3. The molecule has 2 unspecified atom stereocenters. The largest absolute Gasteiger partial charge is 0.380 e. The molecule has 2 rings (SSSR count). The van der Waals surface area contributed by atoms with Crippen molar-refractivity contribution in [3.05, 3.63) is 0 Å². The Morgan fingerprint density at radius 1 is 1.33 bits per heavy atom. The van der Waals surface area contributed by atoms with Gasteiger partial charge in [0, 0.05) is 26.7 Å². The Bertz CT molecular complexity index is 317. The molecule has 0 bridgehead atoms. The molecule has 0 aromatic heterocycles. The number of ether oxygens (including phenoxy) is 2. The zero-order chi connectivity index (χ0) is 13.6. The predicted molar refractivity (Wildman–Crippen MR) is 72.6 cm³/mol. The zero-order valence-corrected chi connectivity index (χ0v) is 12.5. The highest BCUT2D eigenvalue weighted by Crippen LogP contribution is 2.48. The Labute approximate surface area is 111 Å². The van der Waals surface area contributed by atoms with Gasteiger partial charge in [0.05, 0.1) is 22.8 Å². The van der Waals surface area contributed by atoms with Gasteiger partial charge in [0.1, 0.15) is 0 Å². The monoisotopic (exact) mass is 256 g/mol. The maximum absolute atomic E-state index is 6.26. The van der Waals surface area contributed by atoms with Crippen LogP contribution in [0.1, 0.15) is 40.5 Å². The summed E-state index contributed by atoms with van der Waals surface area (Å²) in [5, 5.41) is 0. The second kappa shape index (κ2) is 4.44. The summed E-state index contributed by atoms with van der Waals surface area (Å²) in [5.41, 5.74) is 5.79. The number of nitrogens with two attached hydrogens (primary N) is 1. The smallest absolute Gasteiger partial charge is 0.0830 e. The number of nitrogens with zero attached hydrogens (tertiary/aromatic N) is 1. The minimum Gasteiger partial charge on any atom is -0.380 e. The van der Waals surface area contributed by atoms with Crippen LogP contribution in [0.15, 0.2) is 0 Å². The Hall–Kier alpha value is -0.160. The van der Waals surface area contributed by atoms with E-state index in [0.29, 0.717) is 12.6 Å². The van der Waals surface area contributed by atoms with Gasteiger partial charge in [-0.05, 0) is 40.5 Å². The van der Waals surface area contributed by atoms with E-state index in [0.717, 1.165) is 25.9 Å². The highest BCUT2D eigenvalue weighted by atomic mass is 16.5. The van der Waals surface area contributed by atoms with E-state index in [9.17, 15) is 0 Å². The Morgan fingerprint density at radius 2 is 2.00 bits per heavy atom. The Kier molecular flexibility index (Phi) is 3.52. The van der Waals surface area contributed by atoms with Gasteiger partial charge in [0.2, 0.25) is 0 Å². The third-order valence-corrected chi connectivity index (χ3v) is 4.79. The van der Waals surface area contributed by atoms with Crippen LogP contribution in [0.4, 0.5) is 0 Å². The Balaban J connectivity index is 2.26. The average molecular weight is 256 g/mol. The molecule has 2 atom stereocenters. The van der Waals surface area contributed by atoms with Crippen LogP contribution in [0.3, 0.4) is 0 Å². The van der Waals surface area contributed by atoms with Crippen molar-refractivity contribution in [1.29, 1.82) is 0 Å². The molecule has 4 heteroatoms. The third kappa shape index (κ3) is 2.09. The summed E-state index contributed by atoms with van der Waals surface area (Å²) in [4.78, 5) is 2.50. The van der Waals surface area contributed by atoms with Gasteiger partial charge < -0.3 is 15.2 Å². The van der Waals surface area contributed by atoms with Gasteiger partial charge >= 0.3 is 0 Å². The van der Waals surface area contributed by atoms with Gasteiger partial charge in [-0.2, -0.15) is 0 Å². The van der Waals surface area contributed by atoms with E-state index in [1.807, 2.05) is 0 Å². The molecule has 0 aromatic rings. The molecule has 0 amide bonds. The van der Waals surface area contributed by atoms with Crippen LogP contribution >= 0.6 is 0 Å². The summed E-state index contributed by atoms with van der Waals surface area (Å²) in [6, 6.07) is 0. The quantitative estimate of drug-likeness (QED) is 0.829. The summed E-state index contributed by atoms with van der Waals surface area (Å²) >= 11 is 0. The van der Waals surface area contributed by atoms with Crippen molar-refractivity contribution in [2.45, 2.75) is 63.4 Å². The molecule has 2 aliphatic heterocycles. The lowest BCUT2D eigenvalue weighted by Crippen LogP contribution is -2.62. The minimum atomic E-state index is -0.214. The molecule has 2 saturated heterocycles. The van der Waals surface area contributed by atoms with Crippen LogP contribution in [-0.4, -0.2) is 54.5 Å².